The fourth-order valence-electron chi connectivity index (χ4n) is 1.25. The first-order chi connectivity index (χ1) is 7.25. The highest BCUT2D eigenvalue weighted by Crippen LogP contribution is 2.14. The maximum Gasteiger partial charge on any atom is 0.146 e. The van der Waals surface area contributed by atoms with Gasteiger partial charge < -0.3 is 15.0 Å². The van der Waals surface area contributed by atoms with Crippen LogP contribution in [0.4, 0.5) is 5.69 Å². The maximum absolute atomic E-state index is 5.57. The van der Waals surface area contributed by atoms with E-state index in [9.17, 15) is 0 Å². The molecule has 0 aliphatic carbocycles. The van der Waals surface area contributed by atoms with Gasteiger partial charge in [0.05, 0.1) is 0 Å². The molecule has 15 heavy (non-hydrogen) atoms. The Labute approximate surface area is 88.3 Å². The number of benzene rings is 1. The molecule has 1 aromatic carbocycles. The summed E-state index contributed by atoms with van der Waals surface area (Å²) in [7, 11) is 1.94. The lowest BCUT2D eigenvalue weighted by Crippen LogP contribution is -2.02. The van der Waals surface area contributed by atoms with Gasteiger partial charge in [0.2, 0.25) is 0 Å². The lowest BCUT2D eigenvalue weighted by molar-refractivity contribution is 0.292. The third-order valence-corrected chi connectivity index (χ3v) is 2.17. The van der Waals surface area contributed by atoms with Crippen molar-refractivity contribution < 1.29 is 4.74 Å². The molecule has 0 aliphatic rings. The number of rotatable bonds is 3. The van der Waals surface area contributed by atoms with Gasteiger partial charge in [0.15, 0.2) is 0 Å². The van der Waals surface area contributed by atoms with Crippen molar-refractivity contribution in [3.05, 3.63) is 42.5 Å². The zero-order valence-corrected chi connectivity index (χ0v) is 8.55. The van der Waals surface area contributed by atoms with E-state index in [1.807, 2.05) is 42.1 Å². The molecule has 0 radical (unpaired) electrons. The standard InChI is InChI=1S/C11H13N3O/c1-14-7-6-13-11(14)8-15-10-4-2-9(12)3-5-10/h2-7H,8,12H2,1H3. The Morgan fingerprint density at radius 3 is 2.67 bits per heavy atom. The molecule has 0 saturated heterocycles. The number of hydrogen-bond donors (Lipinski definition) is 1. The smallest absolute Gasteiger partial charge is 0.146 e. The van der Waals surface area contributed by atoms with Gasteiger partial charge in [0, 0.05) is 25.1 Å². The van der Waals surface area contributed by atoms with Crippen LogP contribution in [0.1, 0.15) is 5.82 Å². The molecule has 0 bridgehead atoms. The average molecular weight is 203 g/mol. The molecule has 78 valence electrons. The van der Waals surface area contributed by atoms with Crippen LogP contribution < -0.4 is 10.5 Å². The lowest BCUT2D eigenvalue weighted by Gasteiger charge is -2.05. The topological polar surface area (TPSA) is 53.1 Å². The largest absolute Gasteiger partial charge is 0.486 e. The predicted octanol–water partition coefficient (Wildman–Crippen LogP) is 1.58. The first kappa shape index (κ1) is 9.58. The van der Waals surface area contributed by atoms with E-state index < -0.39 is 0 Å². The van der Waals surface area contributed by atoms with Crippen LogP contribution in [0.15, 0.2) is 36.7 Å². The third-order valence-electron chi connectivity index (χ3n) is 2.17. The van der Waals surface area contributed by atoms with Gasteiger partial charge >= 0.3 is 0 Å². The van der Waals surface area contributed by atoms with E-state index in [1.54, 1.807) is 6.20 Å². The normalized spacial score (nSPS) is 10.2. The minimum atomic E-state index is 0.466. The molecule has 0 amide bonds. The maximum atomic E-state index is 5.57. The number of imidazole rings is 1. The molecule has 0 saturated carbocycles. The number of aromatic nitrogens is 2. The third kappa shape index (κ3) is 2.28. The highest BCUT2D eigenvalue weighted by molar-refractivity contribution is 5.41. The van der Waals surface area contributed by atoms with E-state index in [-0.39, 0.29) is 0 Å². The Bertz CT molecular complexity index is 433. The number of ether oxygens (including phenoxy) is 1. The van der Waals surface area contributed by atoms with Gasteiger partial charge in [-0.15, -0.1) is 0 Å². The molecule has 0 aliphatic heterocycles. The molecule has 4 heteroatoms. The molecule has 1 heterocycles. The van der Waals surface area contributed by atoms with Gasteiger partial charge in [-0.1, -0.05) is 0 Å². The van der Waals surface area contributed by atoms with Crippen LogP contribution in [0.25, 0.3) is 0 Å². The quantitative estimate of drug-likeness (QED) is 0.770. The van der Waals surface area contributed by atoms with Crippen molar-refractivity contribution in [3.8, 4) is 5.75 Å². The van der Waals surface area contributed by atoms with E-state index >= 15 is 0 Å². The summed E-state index contributed by atoms with van der Waals surface area (Å²) in [4.78, 5) is 4.16. The van der Waals surface area contributed by atoms with Crippen LogP contribution in [0.3, 0.4) is 0 Å². The molecular formula is C11H13N3O. The minimum absolute atomic E-state index is 0.466. The summed E-state index contributed by atoms with van der Waals surface area (Å²) >= 11 is 0. The molecule has 0 spiro atoms. The van der Waals surface area contributed by atoms with E-state index in [4.69, 9.17) is 10.5 Å². The molecular weight excluding hydrogens is 190 g/mol. The van der Waals surface area contributed by atoms with Crippen molar-refractivity contribution in [1.29, 1.82) is 0 Å². The van der Waals surface area contributed by atoms with Crippen LogP contribution in [-0.2, 0) is 13.7 Å². The summed E-state index contributed by atoms with van der Waals surface area (Å²) < 4.78 is 7.48. The monoisotopic (exact) mass is 203 g/mol. The van der Waals surface area contributed by atoms with Crippen molar-refractivity contribution in [2.75, 3.05) is 5.73 Å². The Kier molecular flexibility index (Phi) is 2.58. The van der Waals surface area contributed by atoms with E-state index in [1.165, 1.54) is 0 Å². The van der Waals surface area contributed by atoms with Crippen molar-refractivity contribution in [3.63, 3.8) is 0 Å². The van der Waals surface area contributed by atoms with Crippen molar-refractivity contribution in [2.45, 2.75) is 6.61 Å². The lowest BCUT2D eigenvalue weighted by atomic mass is 10.3. The van der Waals surface area contributed by atoms with Gasteiger partial charge in [-0.3, -0.25) is 0 Å². The van der Waals surface area contributed by atoms with Crippen LogP contribution >= 0.6 is 0 Å². The predicted molar refractivity (Wildman–Crippen MR) is 58.4 cm³/mol. The molecule has 0 atom stereocenters. The second-order valence-electron chi connectivity index (χ2n) is 3.31. The van der Waals surface area contributed by atoms with Crippen LogP contribution in [0, 0.1) is 0 Å². The number of hydrogen-bond acceptors (Lipinski definition) is 3. The molecule has 0 unspecified atom stereocenters. The summed E-state index contributed by atoms with van der Waals surface area (Å²) in [5.41, 5.74) is 6.31. The zero-order chi connectivity index (χ0) is 10.7. The van der Waals surface area contributed by atoms with Crippen LogP contribution in [-0.4, -0.2) is 9.55 Å². The molecule has 2 N–H and O–H groups in total. The van der Waals surface area contributed by atoms with Crippen molar-refractivity contribution >= 4 is 5.69 Å². The van der Waals surface area contributed by atoms with Crippen molar-refractivity contribution in [1.82, 2.24) is 9.55 Å². The second-order valence-corrected chi connectivity index (χ2v) is 3.31. The van der Waals surface area contributed by atoms with E-state index in [0.29, 0.717) is 6.61 Å². The first-order valence-electron chi connectivity index (χ1n) is 4.70. The van der Waals surface area contributed by atoms with Gasteiger partial charge in [0.25, 0.3) is 0 Å². The molecule has 2 rings (SSSR count). The fourth-order valence-corrected chi connectivity index (χ4v) is 1.25. The Hall–Kier alpha value is -1.97. The minimum Gasteiger partial charge on any atom is -0.486 e. The summed E-state index contributed by atoms with van der Waals surface area (Å²) in [6.07, 6.45) is 3.64. The molecule has 4 nitrogen and oxygen atoms in total. The van der Waals surface area contributed by atoms with Gasteiger partial charge in [-0.25, -0.2) is 4.98 Å². The second kappa shape index (κ2) is 4.04. The SMILES string of the molecule is Cn1ccnc1COc1ccc(N)cc1. The van der Waals surface area contributed by atoms with Gasteiger partial charge in [-0.05, 0) is 24.3 Å². The number of nitrogens with zero attached hydrogens (tertiary/aromatic N) is 2. The fraction of sp³-hybridized carbons (Fsp3) is 0.182. The van der Waals surface area contributed by atoms with E-state index in [0.717, 1.165) is 17.3 Å². The van der Waals surface area contributed by atoms with Gasteiger partial charge in [0.1, 0.15) is 18.2 Å². The Morgan fingerprint density at radius 1 is 1.33 bits per heavy atom. The molecule has 1 aromatic heterocycles. The van der Waals surface area contributed by atoms with Crippen LogP contribution in [0.2, 0.25) is 0 Å². The summed E-state index contributed by atoms with van der Waals surface area (Å²) in [6.45, 7) is 0.466. The highest BCUT2D eigenvalue weighted by atomic mass is 16.5. The van der Waals surface area contributed by atoms with E-state index in [2.05, 4.69) is 4.98 Å². The van der Waals surface area contributed by atoms with Crippen LogP contribution in [0.5, 0.6) is 5.75 Å². The number of aryl methyl sites for hydroxylation is 1. The summed E-state index contributed by atoms with van der Waals surface area (Å²) in [5.74, 6) is 1.69. The highest BCUT2D eigenvalue weighted by Gasteiger charge is 1.99. The number of nitrogen functional groups attached to an aromatic ring is 1. The molecule has 0 fully saturated rings. The van der Waals surface area contributed by atoms with Gasteiger partial charge in [-0.2, -0.15) is 0 Å². The molecule has 2 aromatic rings. The summed E-state index contributed by atoms with van der Waals surface area (Å²) in [5, 5.41) is 0. The Balaban J connectivity index is 1.99. The Morgan fingerprint density at radius 2 is 2.07 bits per heavy atom. The summed E-state index contributed by atoms with van der Waals surface area (Å²) in [6, 6.07) is 7.32. The first-order valence-corrected chi connectivity index (χ1v) is 4.70. The zero-order valence-electron chi connectivity index (χ0n) is 8.55. The average Bonchev–Trinajstić information content (AvgIpc) is 2.63. The number of anilines is 1. The van der Waals surface area contributed by atoms with Crippen molar-refractivity contribution in [2.24, 2.45) is 7.05 Å². The number of nitrogens with two attached hydrogens (primary N) is 1.